The molecule has 0 fully saturated rings. The van der Waals surface area contributed by atoms with Crippen molar-refractivity contribution >= 4 is 12.9 Å². The van der Waals surface area contributed by atoms with Gasteiger partial charge in [-0.15, -0.1) is 0 Å². The number of aryl methyl sites for hydroxylation is 1. The van der Waals surface area contributed by atoms with Crippen LogP contribution in [0.5, 0.6) is 23.0 Å². The monoisotopic (exact) mass is 407 g/mol. The Morgan fingerprint density at radius 2 is 1.86 bits per heavy atom. The first-order chi connectivity index (χ1) is 13.4. The highest BCUT2D eigenvalue weighted by Gasteiger charge is 2.35. The lowest BCUT2D eigenvalue weighted by atomic mass is 10.2. The molecule has 2 aromatic rings. The molecule has 8 heteroatoms. The molecule has 0 bridgehead atoms. The molecule has 1 aromatic carbocycles. The van der Waals surface area contributed by atoms with Gasteiger partial charge in [-0.2, -0.15) is 0 Å². The molecular formula is C20H26NO6P. The van der Waals surface area contributed by atoms with Crippen LogP contribution in [-0.2, 0) is 9.09 Å². The van der Waals surface area contributed by atoms with Crippen LogP contribution in [0, 0.1) is 6.92 Å². The summed E-state index contributed by atoms with van der Waals surface area (Å²) >= 11 is 0. The van der Waals surface area contributed by atoms with Gasteiger partial charge in [-0.1, -0.05) is 19.1 Å². The number of rotatable bonds is 9. The van der Waals surface area contributed by atoms with Gasteiger partial charge < -0.3 is 19.1 Å². The third-order valence-corrected chi connectivity index (χ3v) is 5.96. The Hall–Kier alpha value is -2.50. The van der Waals surface area contributed by atoms with Crippen molar-refractivity contribution in [1.29, 1.82) is 0 Å². The number of phenolic OH excluding ortho intramolecular Hbond substituents is 1. The predicted octanol–water partition coefficient (Wildman–Crippen LogP) is 5.17. The number of allylic oxidation sites excluding steroid dienone is 1. The fraction of sp³-hybridized carbons (Fsp3) is 0.350. The van der Waals surface area contributed by atoms with Crippen molar-refractivity contribution in [2.75, 3.05) is 20.8 Å². The van der Waals surface area contributed by atoms with Crippen LogP contribution in [0.15, 0.2) is 36.5 Å². The van der Waals surface area contributed by atoms with Gasteiger partial charge in [-0.25, -0.2) is 4.57 Å². The van der Waals surface area contributed by atoms with E-state index in [1.165, 1.54) is 26.4 Å². The largest absolute Gasteiger partial charge is 0.502 e. The summed E-state index contributed by atoms with van der Waals surface area (Å²) in [4.78, 5) is 4.38. The van der Waals surface area contributed by atoms with E-state index in [9.17, 15) is 9.67 Å². The van der Waals surface area contributed by atoms with E-state index in [4.69, 9.17) is 18.5 Å². The number of ether oxygens (including phenoxy) is 2. The van der Waals surface area contributed by atoms with Crippen molar-refractivity contribution in [1.82, 2.24) is 4.98 Å². The molecule has 0 saturated carbocycles. The van der Waals surface area contributed by atoms with Gasteiger partial charge in [0.2, 0.25) is 5.75 Å². The fourth-order valence-electron chi connectivity index (χ4n) is 2.66. The second kappa shape index (κ2) is 9.62. The number of benzene rings is 1. The van der Waals surface area contributed by atoms with Crippen molar-refractivity contribution in [3.63, 3.8) is 0 Å². The number of hydrogen-bond donors (Lipinski definition) is 1. The lowest BCUT2D eigenvalue weighted by molar-refractivity contribution is 0.287. The van der Waals surface area contributed by atoms with Gasteiger partial charge in [0.15, 0.2) is 11.5 Å². The molecule has 0 radical (unpaired) electrons. The molecule has 152 valence electrons. The molecule has 1 unspecified atom stereocenters. The molecule has 2 rings (SSSR count). The quantitative estimate of drug-likeness (QED) is 0.574. The molecule has 0 aliphatic carbocycles. The van der Waals surface area contributed by atoms with Crippen LogP contribution in [-0.4, -0.2) is 30.9 Å². The Morgan fingerprint density at radius 1 is 1.21 bits per heavy atom. The molecule has 0 spiro atoms. The average molecular weight is 407 g/mol. The SMILES string of the molecule is CC/C=C(\c1ncccc1C)P(=O)(OCC)Oc1cc(OC)c(O)c(OC)c1. The first-order valence-electron chi connectivity index (χ1n) is 8.92. The summed E-state index contributed by atoms with van der Waals surface area (Å²) in [5, 5.41) is 10.5. The van der Waals surface area contributed by atoms with E-state index in [-0.39, 0.29) is 29.6 Å². The molecular weight excluding hydrogens is 381 g/mol. The van der Waals surface area contributed by atoms with Crippen molar-refractivity contribution in [2.45, 2.75) is 27.2 Å². The van der Waals surface area contributed by atoms with E-state index in [0.29, 0.717) is 17.4 Å². The zero-order valence-corrected chi connectivity index (χ0v) is 17.7. The molecule has 0 aliphatic heterocycles. The topological polar surface area (TPSA) is 87.1 Å². The Morgan fingerprint density at radius 3 is 2.36 bits per heavy atom. The third kappa shape index (κ3) is 4.66. The summed E-state index contributed by atoms with van der Waals surface area (Å²) < 4.78 is 35.6. The van der Waals surface area contributed by atoms with Crippen molar-refractivity contribution < 1.29 is 28.2 Å². The molecule has 0 aliphatic rings. The molecule has 1 atom stereocenters. The number of aromatic nitrogens is 1. The van der Waals surface area contributed by atoms with Crippen molar-refractivity contribution in [3.8, 4) is 23.0 Å². The van der Waals surface area contributed by atoms with Gasteiger partial charge >= 0.3 is 7.60 Å². The summed E-state index contributed by atoms with van der Waals surface area (Å²) in [7, 11) is -0.981. The van der Waals surface area contributed by atoms with Crippen LogP contribution < -0.4 is 14.0 Å². The standard InChI is InChI=1S/C20H26NO6P/c1-6-9-18(19-14(3)10-8-11-21-19)28(23,26-7-2)27-15-12-16(24-4)20(22)17(13-15)25-5/h8-13,22H,6-7H2,1-5H3/b18-9+. The van der Waals surface area contributed by atoms with E-state index in [0.717, 1.165) is 5.56 Å². The number of methoxy groups -OCH3 is 2. The molecule has 0 saturated heterocycles. The molecule has 7 nitrogen and oxygen atoms in total. The van der Waals surface area contributed by atoms with Crippen LogP contribution >= 0.6 is 7.60 Å². The maximum absolute atomic E-state index is 13.8. The lowest BCUT2D eigenvalue weighted by Gasteiger charge is -2.23. The average Bonchev–Trinajstić information content (AvgIpc) is 2.68. The van der Waals surface area contributed by atoms with Gasteiger partial charge in [0.1, 0.15) is 5.75 Å². The molecule has 0 amide bonds. The highest BCUT2D eigenvalue weighted by atomic mass is 31.2. The van der Waals surface area contributed by atoms with Gasteiger partial charge in [0, 0.05) is 18.3 Å². The zero-order valence-electron chi connectivity index (χ0n) is 16.8. The smallest absolute Gasteiger partial charge is 0.412 e. The maximum atomic E-state index is 13.8. The van der Waals surface area contributed by atoms with Crippen LogP contribution in [0.1, 0.15) is 31.5 Å². The molecule has 1 aromatic heterocycles. The first-order valence-corrected chi connectivity index (χ1v) is 10.5. The summed E-state index contributed by atoms with van der Waals surface area (Å²) in [5.41, 5.74) is 1.41. The molecule has 28 heavy (non-hydrogen) atoms. The minimum absolute atomic E-state index is 0.132. The van der Waals surface area contributed by atoms with Crippen LogP contribution in [0.25, 0.3) is 5.31 Å². The maximum Gasteiger partial charge on any atom is 0.412 e. The number of phenols is 1. The van der Waals surface area contributed by atoms with Gasteiger partial charge in [-0.3, -0.25) is 9.51 Å². The highest BCUT2D eigenvalue weighted by molar-refractivity contribution is 7.65. The Bertz CT molecular complexity index is 871. The Labute approximate surface area is 165 Å². The number of pyridine rings is 1. The van der Waals surface area contributed by atoms with Gasteiger partial charge in [0.25, 0.3) is 0 Å². The third-order valence-electron chi connectivity index (χ3n) is 3.92. The highest BCUT2D eigenvalue weighted by Crippen LogP contribution is 2.61. The lowest BCUT2D eigenvalue weighted by Crippen LogP contribution is -2.04. The number of nitrogens with zero attached hydrogens (tertiary/aromatic N) is 1. The van der Waals surface area contributed by atoms with E-state index in [2.05, 4.69) is 4.98 Å². The first kappa shape index (κ1) is 21.8. The summed E-state index contributed by atoms with van der Waals surface area (Å²) in [6, 6.07) is 6.55. The van der Waals surface area contributed by atoms with E-state index >= 15 is 0 Å². The Balaban J connectivity index is 2.58. The molecule has 1 heterocycles. The second-order valence-corrected chi connectivity index (χ2v) is 7.77. The van der Waals surface area contributed by atoms with Crippen LogP contribution in [0.4, 0.5) is 0 Å². The van der Waals surface area contributed by atoms with E-state index in [1.807, 2.05) is 26.0 Å². The van der Waals surface area contributed by atoms with Crippen molar-refractivity contribution in [3.05, 3.63) is 47.8 Å². The second-order valence-electron chi connectivity index (χ2n) is 5.85. The van der Waals surface area contributed by atoms with Crippen LogP contribution in [0.3, 0.4) is 0 Å². The van der Waals surface area contributed by atoms with E-state index < -0.39 is 7.60 Å². The minimum atomic E-state index is -3.79. The Kier molecular flexibility index (Phi) is 7.49. The normalized spacial score (nSPS) is 13.7. The minimum Gasteiger partial charge on any atom is -0.502 e. The summed E-state index contributed by atoms with van der Waals surface area (Å²) in [5.74, 6) is 0.271. The molecule has 1 N–H and O–H groups in total. The number of hydrogen-bond acceptors (Lipinski definition) is 7. The summed E-state index contributed by atoms with van der Waals surface area (Å²) in [6.45, 7) is 5.73. The predicted molar refractivity (Wildman–Crippen MR) is 108 cm³/mol. The van der Waals surface area contributed by atoms with Gasteiger partial charge in [0.05, 0.1) is 31.8 Å². The van der Waals surface area contributed by atoms with Crippen LogP contribution in [0.2, 0.25) is 0 Å². The van der Waals surface area contributed by atoms with Crippen molar-refractivity contribution in [2.24, 2.45) is 0 Å². The van der Waals surface area contributed by atoms with E-state index in [1.54, 1.807) is 19.2 Å². The van der Waals surface area contributed by atoms with Gasteiger partial charge in [-0.05, 0) is 31.9 Å². The fourth-order valence-corrected chi connectivity index (χ4v) is 4.57. The summed E-state index contributed by atoms with van der Waals surface area (Å²) in [6.07, 6.45) is 4.05. The number of aromatic hydroxyl groups is 1. The zero-order chi connectivity index (χ0) is 20.7.